The second-order valence-electron chi connectivity index (χ2n) is 5.91. The molecule has 0 radical (unpaired) electrons. The van der Waals surface area contributed by atoms with E-state index in [4.69, 9.17) is 16.3 Å². The number of nitrogens with one attached hydrogen (secondary N) is 1. The average molecular weight is 416 g/mol. The van der Waals surface area contributed by atoms with Gasteiger partial charge in [0.1, 0.15) is 11.5 Å². The van der Waals surface area contributed by atoms with E-state index < -0.39 is 0 Å². The minimum Gasteiger partial charge on any atom is -0.457 e. The monoisotopic (exact) mass is 415 g/mol. The Morgan fingerprint density at radius 3 is 2.38 bits per heavy atom. The van der Waals surface area contributed by atoms with E-state index in [0.717, 1.165) is 23.6 Å². The molecule has 2 rings (SSSR count). The van der Waals surface area contributed by atoms with Crippen LogP contribution in [0.3, 0.4) is 0 Å². The molecule has 0 bridgehead atoms. The van der Waals surface area contributed by atoms with Gasteiger partial charge in [0.25, 0.3) is 0 Å². The van der Waals surface area contributed by atoms with Crippen LogP contribution in [0.5, 0.6) is 11.5 Å². The van der Waals surface area contributed by atoms with Crippen LogP contribution in [0.1, 0.15) is 26.3 Å². The van der Waals surface area contributed by atoms with Crippen molar-refractivity contribution in [2.24, 2.45) is 0 Å². The van der Waals surface area contributed by atoms with Gasteiger partial charge in [0, 0.05) is 26.2 Å². The molecule has 0 aliphatic carbocycles. The molecule has 0 heterocycles. The Balaban J connectivity index is 2.20. The summed E-state index contributed by atoms with van der Waals surface area (Å²) in [4.78, 5) is 0. The van der Waals surface area contributed by atoms with Crippen LogP contribution in [0.15, 0.2) is 42.5 Å². The Kier molecular flexibility index (Phi) is 5.52. The van der Waals surface area contributed by atoms with Crippen LogP contribution >= 0.6 is 34.2 Å². The second-order valence-corrected chi connectivity index (χ2v) is 7.59. The number of benzene rings is 2. The predicted octanol–water partition coefficient (Wildman–Crippen LogP) is 5.63. The zero-order chi connectivity index (χ0) is 15.5. The molecule has 0 saturated heterocycles. The highest BCUT2D eigenvalue weighted by atomic mass is 127. The number of halogens is 2. The van der Waals surface area contributed by atoms with Crippen molar-refractivity contribution < 1.29 is 4.74 Å². The van der Waals surface area contributed by atoms with Crippen LogP contribution in [-0.4, -0.2) is 5.54 Å². The van der Waals surface area contributed by atoms with Gasteiger partial charge in [-0.2, -0.15) is 0 Å². The maximum atomic E-state index is 6.10. The SMILES string of the molecule is CC(C)(C)NCc1ccc(Cl)cc1Oc1ccc(I)cc1. The Morgan fingerprint density at radius 2 is 1.76 bits per heavy atom. The molecule has 2 aromatic carbocycles. The second kappa shape index (κ2) is 6.99. The number of rotatable bonds is 4. The molecule has 0 aliphatic rings. The summed E-state index contributed by atoms with van der Waals surface area (Å²) < 4.78 is 7.16. The third-order valence-corrected chi connectivity index (χ3v) is 3.83. The lowest BCUT2D eigenvalue weighted by Gasteiger charge is -2.21. The van der Waals surface area contributed by atoms with Crippen LogP contribution < -0.4 is 10.1 Å². The Labute approximate surface area is 145 Å². The highest BCUT2D eigenvalue weighted by molar-refractivity contribution is 14.1. The molecule has 4 heteroatoms. The largest absolute Gasteiger partial charge is 0.457 e. The molecule has 0 saturated carbocycles. The van der Waals surface area contributed by atoms with E-state index in [1.165, 1.54) is 3.57 Å². The van der Waals surface area contributed by atoms with Crippen LogP contribution in [0.4, 0.5) is 0 Å². The van der Waals surface area contributed by atoms with Gasteiger partial charge in [0.05, 0.1) is 0 Å². The maximum Gasteiger partial charge on any atom is 0.133 e. The maximum absolute atomic E-state index is 6.10. The van der Waals surface area contributed by atoms with Crippen molar-refractivity contribution in [1.82, 2.24) is 5.32 Å². The molecular weight excluding hydrogens is 397 g/mol. The zero-order valence-electron chi connectivity index (χ0n) is 12.4. The molecule has 0 amide bonds. The van der Waals surface area contributed by atoms with Gasteiger partial charge in [-0.25, -0.2) is 0 Å². The molecule has 112 valence electrons. The number of ether oxygens (including phenoxy) is 1. The summed E-state index contributed by atoms with van der Waals surface area (Å²) in [7, 11) is 0. The predicted molar refractivity (Wildman–Crippen MR) is 97.3 cm³/mol. The standard InChI is InChI=1S/C17H19ClINO/c1-17(2,3)20-11-12-4-5-13(18)10-16(12)21-15-8-6-14(19)7-9-15/h4-10,20H,11H2,1-3H3. The fraction of sp³-hybridized carbons (Fsp3) is 0.294. The summed E-state index contributed by atoms with van der Waals surface area (Å²) in [6.07, 6.45) is 0. The van der Waals surface area contributed by atoms with Crippen molar-refractivity contribution >= 4 is 34.2 Å². The molecule has 0 atom stereocenters. The quantitative estimate of drug-likeness (QED) is 0.654. The molecular formula is C17H19ClINO. The van der Waals surface area contributed by atoms with Crippen molar-refractivity contribution in [3.05, 3.63) is 56.6 Å². The molecule has 0 aromatic heterocycles. The zero-order valence-corrected chi connectivity index (χ0v) is 15.3. The van der Waals surface area contributed by atoms with Gasteiger partial charge in [-0.1, -0.05) is 17.7 Å². The summed E-state index contributed by atoms with van der Waals surface area (Å²) in [6.45, 7) is 7.16. The van der Waals surface area contributed by atoms with E-state index >= 15 is 0 Å². The van der Waals surface area contributed by atoms with Gasteiger partial charge in [-0.3, -0.25) is 0 Å². The minimum atomic E-state index is 0.0553. The van der Waals surface area contributed by atoms with Crippen LogP contribution in [0.25, 0.3) is 0 Å². The van der Waals surface area contributed by atoms with E-state index in [1.807, 2.05) is 42.5 Å². The molecule has 0 aliphatic heterocycles. The summed E-state index contributed by atoms with van der Waals surface area (Å²) in [6, 6.07) is 13.7. The van der Waals surface area contributed by atoms with Gasteiger partial charge in [0.15, 0.2) is 0 Å². The Hall–Kier alpha value is -0.780. The first-order valence-corrected chi connectivity index (χ1v) is 8.26. The van der Waals surface area contributed by atoms with Gasteiger partial charge in [0.2, 0.25) is 0 Å². The first-order chi connectivity index (χ1) is 9.83. The number of hydrogen-bond donors (Lipinski definition) is 1. The molecule has 0 unspecified atom stereocenters. The van der Waals surface area contributed by atoms with Gasteiger partial charge >= 0.3 is 0 Å². The van der Waals surface area contributed by atoms with Crippen LogP contribution in [-0.2, 0) is 6.54 Å². The fourth-order valence-electron chi connectivity index (χ4n) is 1.76. The van der Waals surface area contributed by atoms with Gasteiger partial charge < -0.3 is 10.1 Å². The van der Waals surface area contributed by atoms with E-state index in [0.29, 0.717) is 5.02 Å². The van der Waals surface area contributed by atoms with E-state index in [-0.39, 0.29) is 5.54 Å². The molecule has 2 aromatic rings. The summed E-state index contributed by atoms with van der Waals surface area (Å²) >= 11 is 8.37. The van der Waals surface area contributed by atoms with Gasteiger partial charge in [-0.05, 0) is 79.8 Å². The molecule has 2 nitrogen and oxygen atoms in total. The number of hydrogen-bond acceptors (Lipinski definition) is 2. The van der Waals surface area contributed by atoms with Crippen molar-refractivity contribution in [1.29, 1.82) is 0 Å². The van der Waals surface area contributed by atoms with E-state index in [2.05, 4.69) is 48.7 Å². The molecule has 21 heavy (non-hydrogen) atoms. The summed E-state index contributed by atoms with van der Waals surface area (Å²) in [5, 5.41) is 4.14. The van der Waals surface area contributed by atoms with Crippen molar-refractivity contribution in [2.75, 3.05) is 0 Å². The third kappa shape index (κ3) is 5.49. The van der Waals surface area contributed by atoms with E-state index in [1.54, 1.807) is 0 Å². The fourth-order valence-corrected chi connectivity index (χ4v) is 2.28. The normalized spacial score (nSPS) is 11.5. The van der Waals surface area contributed by atoms with Gasteiger partial charge in [-0.15, -0.1) is 0 Å². The third-order valence-electron chi connectivity index (χ3n) is 2.88. The minimum absolute atomic E-state index is 0.0553. The first kappa shape index (κ1) is 16.6. The van der Waals surface area contributed by atoms with Crippen LogP contribution in [0.2, 0.25) is 5.02 Å². The highest BCUT2D eigenvalue weighted by Gasteiger charge is 2.12. The lowest BCUT2D eigenvalue weighted by atomic mass is 10.1. The lowest BCUT2D eigenvalue weighted by molar-refractivity contribution is 0.414. The lowest BCUT2D eigenvalue weighted by Crippen LogP contribution is -2.35. The average Bonchev–Trinajstić information content (AvgIpc) is 2.39. The first-order valence-electron chi connectivity index (χ1n) is 6.80. The summed E-state index contributed by atoms with van der Waals surface area (Å²) in [5.41, 5.74) is 1.15. The van der Waals surface area contributed by atoms with E-state index in [9.17, 15) is 0 Å². The Bertz CT molecular complexity index is 605. The smallest absolute Gasteiger partial charge is 0.133 e. The molecule has 0 fully saturated rings. The highest BCUT2D eigenvalue weighted by Crippen LogP contribution is 2.29. The van der Waals surface area contributed by atoms with Crippen LogP contribution in [0, 0.1) is 3.57 Å². The Morgan fingerprint density at radius 1 is 1.10 bits per heavy atom. The summed E-state index contributed by atoms with van der Waals surface area (Å²) in [5.74, 6) is 1.61. The molecule has 1 N–H and O–H groups in total. The molecule has 0 spiro atoms. The van der Waals surface area contributed by atoms with Crippen molar-refractivity contribution in [3.8, 4) is 11.5 Å². The topological polar surface area (TPSA) is 21.3 Å². The van der Waals surface area contributed by atoms with Crippen molar-refractivity contribution in [2.45, 2.75) is 32.9 Å². The van der Waals surface area contributed by atoms with Crippen molar-refractivity contribution in [3.63, 3.8) is 0 Å².